The van der Waals surface area contributed by atoms with E-state index in [-0.39, 0.29) is 5.56 Å². The van der Waals surface area contributed by atoms with E-state index in [0.717, 1.165) is 0 Å². The largest absolute Gasteiger partial charge is 0.480 e. The number of nitrogens with zero attached hydrogens (tertiary/aromatic N) is 1. The van der Waals surface area contributed by atoms with Crippen molar-refractivity contribution in [3.05, 3.63) is 41.3 Å². The summed E-state index contributed by atoms with van der Waals surface area (Å²) in [6, 6.07) is 5.47. The Morgan fingerprint density at radius 1 is 1.29 bits per heavy atom. The molecule has 0 aliphatic heterocycles. The molecule has 0 radical (unpaired) electrons. The first-order valence-corrected chi connectivity index (χ1v) is 6.33. The van der Waals surface area contributed by atoms with E-state index in [4.69, 9.17) is 5.11 Å². The van der Waals surface area contributed by atoms with Crippen LogP contribution in [-0.2, 0) is 4.79 Å². The highest BCUT2D eigenvalue weighted by Crippen LogP contribution is 2.20. The molecule has 1 aromatic heterocycles. The average Bonchev–Trinajstić information content (AvgIpc) is 2.37. The van der Waals surface area contributed by atoms with Gasteiger partial charge in [0.2, 0.25) is 0 Å². The van der Waals surface area contributed by atoms with Gasteiger partial charge in [-0.25, -0.2) is 9.18 Å². The summed E-state index contributed by atoms with van der Waals surface area (Å²) in [5, 5.41) is 11.8. The number of pyridine rings is 1. The molecule has 1 amide bonds. The van der Waals surface area contributed by atoms with Crippen molar-refractivity contribution in [1.29, 1.82) is 0 Å². The molecule has 6 heteroatoms. The molecule has 0 unspecified atom stereocenters. The van der Waals surface area contributed by atoms with Crippen LogP contribution in [0.5, 0.6) is 0 Å². The summed E-state index contributed by atoms with van der Waals surface area (Å²) in [5.74, 6) is -2.22. The van der Waals surface area contributed by atoms with E-state index in [1.807, 2.05) is 0 Å². The van der Waals surface area contributed by atoms with Crippen LogP contribution < -0.4 is 5.32 Å². The normalized spacial score (nSPS) is 11.4. The monoisotopic (exact) mass is 290 g/mol. The zero-order valence-electron chi connectivity index (χ0n) is 11.9. The fourth-order valence-corrected chi connectivity index (χ4v) is 1.92. The van der Waals surface area contributed by atoms with E-state index in [1.165, 1.54) is 38.1 Å². The van der Waals surface area contributed by atoms with Gasteiger partial charge in [0.25, 0.3) is 5.91 Å². The topological polar surface area (TPSA) is 79.3 Å². The molecule has 0 saturated carbocycles. The van der Waals surface area contributed by atoms with Crippen molar-refractivity contribution in [2.75, 3.05) is 0 Å². The summed E-state index contributed by atoms with van der Waals surface area (Å²) >= 11 is 0. The first-order valence-electron chi connectivity index (χ1n) is 6.33. The number of amides is 1. The molecule has 0 saturated heterocycles. The third kappa shape index (κ3) is 2.99. The van der Waals surface area contributed by atoms with E-state index >= 15 is 0 Å². The number of fused-ring (bicyclic) bond motifs is 1. The lowest BCUT2D eigenvalue weighted by Gasteiger charge is -2.21. The number of carboxylic acid groups (broad SMARTS) is 1. The molecular formula is C15H15FN2O3. The summed E-state index contributed by atoms with van der Waals surface area (Å²) < 4.78 is 13.4. The molecule has 2 N–H and O–H groups in total. The van der Waals surface area contributed by atoms with Crippen LogP contribution in [0.4, 0.5) is 4.39 Å². The van der Waals surface area contributed by atoms with Crippen LogP contribution in [0.3, 0.4) is 0 Å². The first-order chi connectivity index (χ1) is 9.70. The SMILES string of the molecule is Cc1cc(C(=O)NC(C)(C)C(=O)O)c2cc(F)ccc2n1. The zero-order chi connectivity index (χ0) is 15.8. The number of aromatic nitrogens is 1. The molecule has 1 aromatic carbocycles. The molecule has 0 aliphatic carbocycles. The number of rotatable bonds is 3. The second-order valence-corrected chi connectivity index (χ2v) is 5.36. The van der Waals surface area contributed by atoms with Crippen LogP contribution in [0.2, 0.25) is 0 Å². The van der Waals surface area contributed by atoms with Gasteiger partial charge in [0.15, 0.2) is 0 Å². The Morgan fingerprint density at radius 3 is 2.57 bits per heavy atom. The van der Waals surface area contributed by atoms with E-state index in [2.05, 4.69) is 10.3 Å². The maximum absolute atomic E-state index is 13.4. The number of halogens is 1. The molecule has 2 rings (SSSR count). The van der Waals surface area contributed by atoms with Gasteiger partial charge < -0.3 is 10.4 Å². The molecule has 0 fully saturated rings. The minimum atomic E-state index is -1.42. The Kier molecular flexibility index (Phi) is 3.63. The highest BCUT2D eigenvalue weighted by Gasteiger charge is 2.30. The molecule has 110 valence electrons. The second-order valence-electron chi connectivity index (χ2n) is 5.36. The Hall–Kier alpha value is -2.50. The smallest absolute Gasteiger partial charge is 0.328 e. The molecule has 0 aliphatic rings. The molecule has 5 nitrogen and oxygen atoms in total. The summed E-state index contributed by atoms with van der Waals surface area (Å²) in [6.07, 6.45) is 0. The summed E-state index contributed by atoms with van der Waals surface area (Å²) in [7, 11) is 0. The lowest BCUT2D eigenvalue weighted by Crippen LogP contribution is -2.49. The van der Waals surface area contributed by atoms with Crippen molar-refractivity contribution in [3.8, 4) is 0 Å². The van der Waals surface area contributed by atoms with Crippen molar-refractivity contribution in [2.45, 2.75) is 26.3 Å². The van der Waals surface area contributed by atoms with Gasteiger partial charge in [-0.1, -0.05) is 0 Å². The minimum absolute atomic E-state index is 0.200. The van der Waals surface area contributed by atoms with Crippen molar-refractivity contribution in [2.24, 2.45) is 0 Å². The third-order valence-electron chi connectivity index (χ3n) is 3.10. The van der Waals surface area contributed by atoms with E-state index in [0.29, 0.717) is 16.6 Å². The fraction of sp³-hybridized carbons (Fsp3) is 0.267. The lowest BCUT2D eigenvalue weighted by molar-refractivity contribution is -0.143. The maximum atomic E-state index is 13.4. The van der Waals surface area contributed by atoms with E-state index in [1.54, 1.807) is 6.92 Å². The van der Waals surface area contributed by atoms with Gasteiger partial charge in [-0.2, -0.15) is 0 Å². The predicted molar refractivity (Wildman–Crippen MR) is 75.6 cm³/mol. The fourth-order valence-electron chi connectivity index (χ4n) is 1.92. The average molecular weight is 290 g/mol. The Labute approximate surface area is 120 Å². The molecule has 0 bridgehead atoms. The van der Waals surface area contributed by atoms with Crippen molar-refractivity contribution in [3.63, 3.8) is 0 Å². The number of carbonyl (C=O) groups is 2. The Bertz CT molecular complexity index is 741. The standard InChI is InChI=1S/C15H15FN2O3/c1-8-6-11(13(19)18-15(2,3)14(20)21)10-7-9(16)4-5-12(10)17-8/h4-7H,1-3H3,(H,18,19)(H,20,21). The number of benzene rings is 1. The van der Waals surface area contributed by atoms with Crippen molar-refractivity contribution >= 4 is 22.8 Å². The van der Waals surface area contributed by atoms with Gasteiger partial charge in [0, 0.05) is 11.1 Å². The summed E-state index contributed by atoms with van der Waals surface area (Å²) in [6.45, 7) is 4.47. The maximum Gasteiger partial charge on any atom is 0.328 e. The predicted octanol–water partition coefficient (Wildman–Crippen LogP) is 2.28. The van der Waals surface area contributed by atoms with Crippen LogP contribution in [-0.4, -0.2) is 27.5 Å². The van der Waals surface area contributed by atoms with Crippen LogP contribution in [0.15, 0.2) is 24.3 Å². The molecule has 0 spiro atoms. The Balaban J connectivity index is 2.53. The highest BCUT2D eigenvalue weighted by atomic mass is 19.1. The van der Waals surface area contributed by atoms with Gasteiger partial charge in [-0.3, -0.25) is 9.78 Å². The summed E-state index contributed by atoms with van der Waals surface area (Å²) in [5.41, 5.74) is -0.151. The number of carbonyl (C=O) groups excluding carboxylic acids is 1. The number of aryl methyl sites for hydroxylation is 1. The molecular weight excluding hydrogens is 275 g/mol. The number of nitrogens with one attached hydrogen (secondary N) is 1. The Morgan fingerprint density at radius 2 is 1.95 bits per heavy atom. The van der Waals surface area contributed by atoms with Gasteiger partial charge in [-0.15, -0.1) is 0 Å². The van der Waals surface area contributed by atoms with Crippen molar-refractivity contribution < 1.29 is 19.1 Å². The first kappa shape index (κ1) is 14.9. The number of carboxylic acids is 1. The quantitative estimate of drug-likeness (QED) is 0.909. The zero-order valence-corrected chi connectivity index (χ0v) is 11.9. The van der Waals surface area contributed by atoms with E-state index in [9.17, 15) is 14.0 Å². The number of aliphatic carboxylic acids is 1. The van der Waals surface area contributed by atoms with Crippen LogP contribution in [0.25, 0.3) is 10.9 Å². The van der Waals surface area contributed by atoms with Gasteiger partial charge in [-0.05, 0) is 45.0 Å². The van der Waals surface area contributed by atoms with E-state index < -0.39 is 23.2 Å². The second kappa shape index (κ2) is 5.12. The van der Waals surface area contributed by atoms with Gasteiger partial charge in [0.1, 0.15) is 11.4 Å². The molecule has 0 atom stereocenters. The van der Waals surface area contributed by atoms with Gasteiger partial charge in [0.05, 0.1) is 11.1 Å². The van der Waals surface area contributed by atoms with Crippen molar-refractivity contribution in [1.82, 2.24) is 10.3 Å². The lowest BCUT2D eigenvalue weighted by atomic mass is 10.0. The summed E-state index contributed by atoms with van der Waals surface area (Å²) in [4.78, 5) is 27.6. The van der Waals surface area contributed by atoms with Crippen LogP contribution in [0.1, 0.15) is 29.9 Å². The third-order valence-corrected chi connectivity index (χ3v) is 3.10. The van der Waals surface area contributed by atoms with Gasteiger partial charge >= 0.3 is 5.97 Å². The molecule has 2 aromatic rings. The highest BCUT2D eigenvalue weighted by molar-refractivity contribution is 6.07. The minimum Gasteiger partial charge on any atom is -0.480 e. The van der Waals surface area contributed by atoms with Crippen LogP contribution >= 0.6 is 0 Å². The molecule has 21 heavy (non-hydrogen) atoms. The number of hydrogen-bond acceptors (Lipinski definition) is 3. The number of hydrogen-bond donors (Lipinski definition) is 2. The molecule has 1 heterocycles. The van der Waals surface area contributed by atoms with Crippen LogP contribution in [0, 0.1) is 12.7 Å².